The Hall–Kier alpha value is -2.60. The summed E-state index contributed by atoms with van der Waals surface area (Å²) in [5, 5.41) is 9.90. The number of hydrogen-bond donors (Lipinski definition) is 0. The third kappa shape index (κ3) is 8.96. The molecule has 1 aliphatic carbocycles. The molecule has 3 heteroatoms. The molecule has 0 saturated heterocycles. The molecule has 2 aromatic rings. The Morgan fingerprint density at radius 3 is 2.18 bits per heavy atom. The molecule has 0 aromatic heterocycles. The second-order valence-electron chi connectivity index (χ2n) is 11.9. The Balaban J connectivity index is 1.69. The summed E-state index contributed by atoms with van der Waals surface area (Å²) in [6, 6.07) is 16.8. The Labute approximate surface area is 238 Å². The van der Waals surface area contributed by atoms with Crippen LogP contribution in [0.5, 0.6) is 5.75 Å². The summed E-state index contributed by atoms with van der Waals surface area (Å²) in [4.78, 5) is 13.8. The molecule has 212 valence electrons. The molecule has 1 aliphatic rings. The number of carbonyl (C=O) groups is 1. The van der Waals surface area contributed by atoms with E-state index < -0.39 is 5.41 Å². The number of nitriles is 1. The molecule has 0 amide bonds. The van der Waals surface area contributed by atoms with Crippen LogP contribution in [0.2, 0.25) is 0 Å². The highest BCUT2D eigenvalue weighted by molar-refractivity contribution is 5.85. The molecule has 39 heavy (non-hydrogen) atoms. The number of carbonyl (C=O) groups excluding carboxylic acids is 1. The maximum Gasteiger partial charge on any atom is 0.321 e. The van der Waals surface area contributed by atoms with Gasteiger partial charge in [-0.05, 0) is 66.8 Å². The van der Waals surface area contributed by atoms with E-state index in [9.17, 15) is 10.1 Å². The molecule has 3 rings (SSSR count). The minimum atomic E-state index is -0.630. The van der Waals surface area contributed by atoms with Gasteiger partial charge in [0.25, 0.3) is 0 Å². The number of rotatable bonds is 16. The van der Waals surface area contributed by atoms with Crippen LogP contribution in [0.3, 0.4) is 0 Å². The molecule has 1 fully saturated rings. The van der Waals surface area contributed by atoms with Crippen molar-refractivity contribution in [2.45, 2.75) is 141 Å². The van der Waals surface area contributed by atoms with Gasteiger partial charge in [0.2, 0.25) is 0 Å². The third-order valence-electron chi connectivity index (χ3n) is 8.81. The summed E-state index contributed by atoms with van der Waals surface area (Å²) in [5.74, 6) is 0.579. The Morgan fingerprint density at radius 1 is 0.872 bits per heavy atom. The molecular formula is C36H51NO2. The van der Waals surface area contributed by atoms with Gasteiger partial charge in [0.05, 0.1) is 11.0 Å². The fourth-order valence-corrected chi connectivity index (χ4v) is 6.14. The van der Waals surface area contributed by atoms with Gasteiger partial charge in [0.15, 0.2) is 0 Å². The zero-order valence-corrected chi connectivity index (χ0v) is 24.9. The topological polar surface area (TPSA) is 50.1 Å². The fraction of sp³-hybridized carbons (Fsp3) is 0.611. The van der Waals surface area contributed by atoms with Gasteiger partial charge in [0, 0.05) is 0 Å². The van der Waals surface area contributed by atoms with E-state index >= 15 is 0 Å². The second-order valence-corrected chi connectivity index (χ2v) is 11.9. The largest absolute Gasteiger partial charge is 0.424 e. The van der Waals surface area contributed by atoms with Crippen LogP contribution in [0.15, 0.2) is 42.5 Å². The monoisotopic (exact) mass is 529 g/mol. The summed E-state index contributed by atoms with van der Waals surface area (Å²) in [6.45, 7) is 6.71. The number of aryl methyl sites for hydroxylation is 1. The van der Waals surface area contributed by atoms with Crippen LogP contribution in [-0.4, -0.2) is 5.97 Å². The molecule has 0 radical (unpaired) electrons. The lowest BCUT2D eigenvalue weighted by Gasteiger charge is -2.35. The van der Waals surface area contributed by atoms with Crippen LogP contribution in [0.1, 0.15) is 152 Å². The summed E-state index contributed by atoms with van der Waals surface area (Å²) in [6.07, 6.45) is 19.8. The molecular weight excluding hydrogens is 478 g/mol. The van der Waals surface area contributed by atoms with Crippen LogP contribution in [0.4, 0.5) is 0 Å². The van der Waals surface area contributed by atoms with Crippen LogP contribution in [-0.2, 0) is 16.6 Å². The predicted molar refractivity (Wildman–Crippen MR) is 162 cm³/mol. The average molecular weight is 530 g/mol. The number of nitrogens with zero attached hydrogens (tertiary/aromatic N) is 1. The van der Waals surface area contributed by atoms with Crippen molar-refractivity contribution >= 4 is 5.97 Å². The normalized spacial score (nSPS) is 15.4. The number of esters is 1. The molecule has 0 bridgehead atoms. The van der Waals surface area contributed by atoms with Crippen molar-refractivity contribution in [2.75, 3.05) is 0 Å². The van der Waals surface area contributed by atoms with Crippen LogP contribution in [0, 0.1) is 11.3 Å². The lowest BCUT2D eigenvalue weighted by molar-refractivity contribution is -0.142. The Morgan fingerprint density at radius 2 is 1.51 bits per heavy atom. The Bertz CT molecular complexity index is 1040. The van der Waals surface area contributed by atoms with E-state index in [2.05, 4.69) is 51.1 Å². The van der Waals surface area contributed by atoms with Crippen molar-refractivity contribution in [1.82, 2.24) is 0 Å². The van der Waals surface area contributed by atoms with Crippen molar-refractivity contribution in [1.29, 1.82) is 5.26 Å². The van der Waals surface area contributed by atoms with E-state index in [1.165, 1.54) is 69.8 Å². The summed E-state index contributed by atoms with van der Waals surface area (Å²) in [7, 11) is 0. The minimum Gasteiger partial charge on any atom is -0.424 e. The first-order valence-corrected chi connectivity index (χ1v) is 15.9. The summed E-state index contributed by atoms with van der Waals surface area (Å²) >= 11 is 0. The van der Waals surface area contributed by atoms with Gasteiger partial charge in [-0.25, -0.2) is 0 Å². The van der Waals surface area contributed by atoms with Crippen LogP contribution < -0.4 is 4.74 Å². The molecule has 0 spiro atoms. The molecule has 0 aliphatic heterocycles. The molecule has 0 heterocycles. The van der Waals surface area contributed by atoms with Crippen molar-refractivity contribution in [3.05, 3.63) is 64.7 Å². The maximum atomic E-state index is 13.8. The number of hydrogen-bond acceptors (Lipinski definition) is 3. The van der Waals surface area contributed by atoms with E-state index in [0.29, 0.717) is 17.2 Å². The quantitative estimate of drug-likeness (QED) is 0.123. The first-order valence-electron chi connectivity index (χ1n) is 15.9. The second kappa shape index (κ2) is 16.5. The zero-order chi connectivity index (χ0) is 27.9. The molecule has 3 nitrogen and oxygen atoms in total. The van der Waals surface area contributed by atoms with Gasteiger partial charge in [-0.1, -0.05) is 128 Å². The third-order valence-corrected chi connectivity index (χ3v) is 8.81. The van der Waals surface area contributed by atoms with Gasteiger partial charge >= 0.3 is 5.97 Å². The van der Waals surface area contributed by atoms with Crippen LogP contribution in [0.25, 0.3) is 0 Å². The first-order chi connectivity index (χ1) is 19.0. The standard InChI is InChI=1S/C36H51NO2/c1-4-6-8-10-11-14-18-30-19-22-33(23-20-30)36(25-15-12-16-26-36)35(38)39-34-24-21-31(27-32(34)28-37)29(3)17-13-9-7-5-2/h19-24,27,29H,4-18,25-26H2,1-3H3. The highest BCUT2D eigenvalue weighted by Crippen LogP contribution is 2.41. The van der Waals surface area contributed by atoms with E-state index in [-0.39, 0.29) is 5.97 Å². The lowest BCUT2D eigenvalue weighted by atomic mass is 9.69. The van der Waals surface area contributed by atoms with Gasteiger partial charge in [-0.2, -0.15) is 5.26 Å². The van der Waals surface area contributed by atoms with Gasteiger partial charge < -0.3 is 4.74 Å². The Kier molecular flexibility index (Phi) is 13.1. The predicted octanol–water partition coefficient (Wildman–Crippen LogP) is 10.3. The zero-order valence-electron chi connectivity index (χ0n) is 24.9. The molecule has 2 aromatic carbocycles. The number of unbranched alkanes of at least 4 members (excludes halogenated alkanes) is 8. The summed E-state index contributed by atoms with van der Waals surface area (Å²) < 4.78 is 6.06. The number of ether oxygens (including phenoxy) is 1. The smallest absolute Gasteiger partial charge is 0.321 e. The van der Waals surface area contributed by atoms with Crippen molar-refractivity contribution in [3.8, 4) is 11.8 Å². The van der Waals surface area contributed by atoms with E-state index in [0.717, 1.165) is 56.1 Å². The van der Waals surface area contributed by atoms with E-state index in [1.54, 1.807) is 0 Å². The average Bonchev–Trinajstić information content (AvgIpc) is 2.97. The number of benzene rings is 2. The molecule has 0 N–H and O–H groups in total. The highest BCUT2D eigenvalue weighted by atomic mass is 16.5. The minimum absolute atomic E-state index is 0.206. The van der Waals surface area contributed by atoms with Crippen LogP contribution >= 0.6 is 0 Å². The van der Waals surface area contributed by atoms with Gasteiger partial charge in [-0.3, -0.25) is 4.79 Å². The first kappa shape index (κ1) is 30.9. The van der Waals surface area contributed by atoms with Crippen molar-refractivity contribution in [3.63, 3.8) is 0 Å². The van der Waals surface area contributed by atoms with Crippen molar-refractivity contribution in [2.24, 2.45) is 0 Å². The fourth-order valence-electron chi connectivity index (χ4n) is 6.14. The highest BCUT2D eigenvalue weighted by Gasteiger charge is 2.43. The maximum absolute atomic E-state index is 13.8. The van der Waals surface area contributed by atoms with E-state index in [4.69, 9.17) is 4.74 Å². The van der Waals surface area contributed by atoms with Crippen molar-refractivity contribution < 1.29 is 9.53 Å². The SMILES string of the molecule is CCCCCCCCc1ccc(C2(C(=O)Oc3ccc(C(C)CCCCCC)cc3C#N)CCCCC2)cc1. The molecule has 1 atom stereocenters. The lowest BCUT2D eigenvalue weighted by Crippen LogP contribution is -2.41. The summed E-state index contributed by atoms with van der Waals surface area (Å²) in [5.41, 5.74) is 3.39. The van der Waals surface area contributed by atoms with Gasteiger partial charge in [0.1, 0.15) is 11.8 Å². The van der Waals surface area contributed by atoms with E-state index in [1.807, 2.05) is 18.2 Å². The molecule has 1 saturated carbocycles. The molecule has 1 unspecified atom stereocenters. The van der Waals surface area contributed by atoms with Gasteiger partial charge in [-0.15, -0.1) is 0 Å².